The Balaban J connectivity index is 1.43. The molecule has 28 heavy (non-hydrogen) atoms. The molecule has 7 nitrogen and oxygen atoms in total. The number of hydrogen-bond donors (Lipinski definition) is 0. The fourth-order valence-electron chi connectivity index (χ4n) is 4.18. The SMILES string of the molecule is CCOC(=O)COc1ccc(C=NN2C(=O)[C@@H]3[C@H](C2=O)[C@H]2C=C[C@H]3C2)cc1I. The van der Waals surface area contributed by atoms with Crippen molar-refractivity contribution in [3.05, 3.63) is 39.5 Å². The van der Waals surface area contributed by atoms with Gasteiger partial charge >= 0.3 is 5.97 Å². The van der Waals surface area contributed by atoms with Crippen LogP contribution in [-0.2, 0) is 19.1 Å². The third kappa shape index (κ3) is 3.34. The molecule has 2 amide bonds. The van der Waals surface area contributed by atoms with Gasteiger partial charge in [-0.05, 0) is 71.5 Å². The number of benzene rings is 1. The molecule has 1 heterocycles. The van der Waals surface area contributed by atoms with E-state index in [9.17, 15) is 14.4 Å². The van der Waals surface area contributed by atoms with E-state index in [-0.39, 0.29) is 42.1 Å². The van der Waals surface area contributed by atoms with Crippen molar-refractivity contribution in [1.82, 2.24) is 5.01 Å². The lowest BCUT2D eigenvalue weighted by atomic mass is 9.85. The first-order valence-corrected chi connectivity index (χ1v) is 10.3. The molecule has 2 fully saturated rings. The van der Waals surface area contributed by atoms with Crippen LogP contribution in [0.1, 0.15) is 18.9 Å². The number of hydrogen-bond acceptors (Lipinski definition) is 6. The molecule has 1 aliphatic heterocycles. The van der Waals surface area contributed by atoms with Gasteiger partial charge in [0.15, 0.2) is 6.61 Å². The number of rotatable bonds is 6. The molecule has 2 aliphatic carbocycles. The minimum absolute atomic E-state index is 0.160. The Hall–Kier alpha value is -2.23. The van der Waals surface area contributed by atoms with Gasteiger partial charge in [0.2, 0.25) is 0 Å². The number of ether oxygens (including phenoxy) is 2. The monoisotopic (exact) mass is 494 g/mol. The molecule has 0 radical (unpaired) electrons. The lowest BCUT2D eigenvalue weighted by Crippen LogP contribution is -2.28. The fourth-order valence-corrected chi connectivity index (χ4v) is 4.87. The van der Waals surface area contributed by atoms with Crippen molar-refractivity contribution in [2.45, 2.75) is 13.3 Å². The number of fused-ring (bicyclic) bond motifs is 5. The van der Waals surface area contributed by atoms with Gasteiger partial charge in [-0.25, -0.2) is 4.79 Å². The second-order valence-corrected chi connectivity index (χ2v) is 8.18. The van der Waals surface area contributed by atoms with Gasteiger partial charge in [0.25, 0.3) is 11.8 Å². The maximum atomic E-state index is 12.6. The number of carbonyl (C=O) groups is 3. The molecule has 3 aliphatic rings. The van der Waals surface area contributed by atoms with Crippen molar-refractivity contribution < 1.29 is 23.9 Å². The Bertz CT molecular complexity index is 867. The highest BCUT2D eigenvalue weighted by molar-refractivity contribution is 14.1. The Kier molecular flexibility index (Phi) is 5.22. The van der Waals surface area contributed by atoms with Crippen LogP contribution in [-0.4, -0.2) is 42.2 Å². The summed E-state index contributed by atoms with van der Waals surface area (Å²) < 4.78 is 11.1. The van der Waals surface area contributed by atoms with Crippen LogP contribution in [0.25, 0.3) is 0 Å². The summed E-state index contributed by atoms with van der Waals surface area (Å²) in [7, 11) is 0. The minimum atomic E-state index is -0.427. The highest BCUT2D eigenvalue weighted by Gasteiger charge is 2.59. The van der Waals surface area contributed by atoms with E-state index >= 15 is 0 Å². The quantitative estimate of drug-likeness (QED) is 0.199. The largest absolute Gasteiger partial charge is 0.481 e. The molecule has 1 saturated heterocycles. The molecule has 4 atom stereocenters. The number of halogens is 1. The average molecular weight is 494 g/mol. The number of nitrogens with zero attached hydrogens (tertiary/aromatic N) is 2. The van der Waals surface area contributed by atoms with Crippen LogP contribution < -0.4 is 4.74 Å². The highest BCUT2D eigenvalue weighted by atomic mass is 127. The first kappa shape index (κ1) is 19.1. The van der Waals surface area contributed by atoms with Gasteiger partial charge in [0.05, 0.1) is 28.2 Å². The lowest BCUT2D eigenvalue weighted by Gasteiger charge is -2.13. The summed E-state index contributed by atoms with van der Waals surface area (Å²) in [4.78, 5) is 36.6. The van der Waals surface area contributed by atoms with E-state index in [1.165, 1.54) is 6.21 Å². The van der Waals surface area contributed by atoms with Gasteiger partial charge in [0, 0.05) is 0 Å². The summed E-state index contributed by atoms with van der Waals surface area (Å²) >= 11 is 2.09. The fraction of sp³-hybridized carbons (Fsp3) is 0.400. The maximum Gasteiger partial charge on any atom is 0.344 e. The molecule has 0 spiro atoms. The predicted octanol–water partition coefficient (Wildman–Crippen LogP) is 2.37. The van der Waals surface area contributed by atoms with E-state index in [0.29, 0.717) is 12.4 Å². The second-order valence-electron chi connectivity index (χ2n) is 7.02. The Morgan fingerprint density at radius 3 is 2.54 bits per heavy atom. The molecule has 1 aromatic rings. The van der Waals surface area contributed by atoms with E-state index in [2.05, 4.69) is 39.8 Å². The Morgan fingerprint density at radius 1 is 1.25 bits per heavy atom. The minimum Gasteiger partial charge on any atom is -0.481 e. The molecule has 1 aromatic carbocycles. The van der Waals surface area contributed by atoms with Gasteiger partial charge in [-0.15, -0.1) is 0 Å². The first-order chi connectivity index (χ1) is 13.5. The number of esters is 1. The van der Waals surface area contributed by atoms with Crippen LogP contribution >= 0.6 is 22.6 Å². The highest BCUT2D eigenvalue weighted by Crippen LogP contribution is 2.52. The van der Waals surface area contributed by atoms with Gasteiger partial charge in [0.1, 0.15) is 5.75 Å². The van der Waals surface area contributed by atoms with Crippen LogP contribution in [0.15, 0.2) is 35.5 Å². The molecule has 146 valence electrons. The van der Waals surface area contributed by atoms with Crippen molar-refractivity contribution in [3.63, 3.8) is 0 Å². The molecular weight excluding hydrogens is 475 g/mol. The number of amides is 2. The third-order valence-electron chi connectivity index (χ3n) is 5.38. The summed E-state index contributed by atoms with van der Waals surface area (Å²) in [6, 6.07) is 5.28. The molecule has 4 rings (SSSR count). The number of carbonyl (C=O) groups excluding carboxylic acids is 3. The van der Waals surface area contributed by atoms with Crippen molar-refractivity contribution in [2.24, 2.45) is 28.8 Å². The Morgan fingerprint density at radius 2 is 1.93 bits per heavy atom. The summed E-state index contributed by atoms with van der Waals surface area (Å²) in [5.41, 5.74) is 0.728. The Labute approximate surface area is 175 Å². The zero-order valence-electron chi connectivity index (χ0n) is 15.2. The zero-order valence-corrected chi connectivity index (χ0v) is 17.4. The summed E-state index contributed by atoms with van der Waals surface area (Å²) in [6.45, 7) is 1.88. The van der Waals surface area contributed by atoms with Crippen molar-refractivity contribution in [1.29, 1.82) is 0 Å². The van der Waals surface area contributed by atoms with Crippen molar-refractivity contribution in [3.8, 4) is 5.75 Å². The van der Waals surface area contributed by atoms with Gasteiger partial charge < -0.3 is 9.47 Å². The van der Waals surface area contributed by atoms with Crippen LogP contribution in [0, 0.1) is 27.2 Å². The molecule has 8 heteroatoms. The molecule has 0 N–H and O–H groups in total. The number of allylic oxidation sites excluding steroid dienone is 2. The van der Waals surface area contributed by atoms with E-state index in [4.69, 9.17) is 9.47 Å². The second kappa shape index (κ2) is 7.65. The van der Waals surface area contributed by atoms with Gasteiger partial charge in [-0.1, -0.05) is 12.2 Å². The summed E-state index contributed by atoms with van der Waals surface area (Å²) in [5, 5.41) is 5.19. The van der Waals surface area contributed by atoms with Crippen molar-refractivity contribution in [2.75, 3.05) is 13.2 Å². The van der Waals surface area contributed by atoms with Crippen LogP contribution in [0.3, 0.4) is 0 Å². The van der Waals surface area contributed by atoms with Gasteiger partial charge in [-0.2, -0.15) is 10.1 Å². The van der Waals surface area contributed by atoms with E-state index in [1.54, 1.807) is 19.1 Å². The van der Waals surface area contributed by atoms with E-state index in [1.807, 2.05) is 6.07 Å². The first-order valence-electron chi connectivity index (χ1n) is 9.17. The predicted molar refractivity (Wildman–Crippen MR) is 108 cm³/mol. The van der Waals surface area contributed by atoms with E-state index in [0.717, 1.165) is 20.6 Å². The van der Waals surface area contributed by atoms with Crippen LogP contribution in [0.5, 0.6) is 5.75 Å². The molecule has 2 bridgehead atoms. The van der Waals surface area contributed by atoms with Crippen molar-refractivity contribution >= 4 is 46.6 Å². The number of imide groups is 1. The topological polar surface area (TPSA) is 85.3 Å². The summed E-state index contributed by atoms with van der Waals surface area (Å²) in [5.74, 6) is -0.441. The number of hydrazone groups is 1. The summed E-state index contributed by atoms with van der Waals surface area (Å²) in [6.07, 6.45) is 6.52. The third-order valence-corrected chi connectivity index (χ3v) is 6.22. The lowest BCUT2D eigenvalue weighted by molar-refractivity contribution is -0.145. The smallest absolute Gasteiger partial charge is 0.344 e. The zero-order chi connectivity index (χ0) is 19.8. The molecule has 1 saturated carbocycles. The standard InChI is InChI=1S/C20H19IN2O5/c1-2-27-16(24)10-28-15-6-3-11(7-14(15)21)9-22-23-19(25)17-12-4-5-13(8-12)18(17)20(23)26/h3-7,9,12-13,17-18H,2,8,10H2,1H3/t12-,13-,17-,18+/m0/s1. The molecular formula is C20H19IN2O5. The maximum absolute atomic E-state index is 12.6. The normalized spacial score (nSPS) is 27.7. The molecule has 0 aromatic heterocycles. The van der Waals surface area contributed by atoms with Gasteiger partial charge in [-0.3, -0.25) is 9.59 Å². The van der Waals surface area contributed by atoms with Crippen LogP contribution in [0.2, 0.25) is 0 Å². The average Bonchev–Trinajstić information content (AvgIpc) is 3.34. The van der Waals surface area contributed by atoms with E-state index < -0.39 is 5.97 Å². The molecule has 0 unspecified atom stereocenters. The van der Waals surface area contributed by atoms with Crippen LogP contribution in [0.4, 0.5) is 0 Å².